The summed E-state index contributed by atoms with van der Waals surface area (Å²) < 4.78 is 0. The first-order chi connectivity index (χ1) is 6.77. The Morgan fingerprint density at radius 2 is 2.14 bits per heavy atom. The third kappa shape index (κ3) is 3.02. The Balaban J connectivity index is 2.29. The molecule has 1 rings (SSSR count). The van der Waals surface area contributed by atoms with Gasteiger partial charge in [-0.05, 0) is 18.8 Å². The molecular formula is C11H18N2O. The van der Waals surface area contributed by atoms with Gasteiger partial charge in [-0.3, -0.25) is 4.79 Å². The minimum Gasteiger partial charge on any atom is -0.342 e. The quantitative estimate of drug-likeness (QED) is 0.689. The summed E-state index contributed by atoms with van der Waals surface area (Å²) in [5.74, 6) is 0.800. The summed E-state index contributed by atoms with van der Waals surface area (Å²) in [7, 11) is 0. The molecule has 1 amide bonds. The second-order valence-corrected chi connectivity index (χ2v) is 3.95. The number of amides is 1. The van der Waals surface area contributed by atoms with Crippen molar-refractivity contribution in [2.75, 3.05) is 13.1 Å². The standard InChI is InChI=1S/C11H18N2O/c1-2-3-10-5-8-13(9-6-10)11(14)4-7-12/h10H,2-6,8-9H2,1H3. The van der Waals surface area contributed by atoms with E-state index in [0.29, 0.717) is 0 Å². The molecule has 0 N–H and O–H groups in total. The number of hydrogen-bond acceptors (Lipinski definition) is 2. The number of hydrogen-bond donors (Lipinski definition) is 0. The Bertz CT molecular complexity index is 224. The maximum Gasteiger partial charge on any atom is 0.236 e. The lowest BCUT2D eigenvalue weighted by Gasteiger charge is -2.31. The van der Waals surface area contributed by atoms with Crippen LogP contribution in [0.2, 0.25) is 0 Å². The van der Waals surface area contributed by atoms with Gasteiger partial charge >= 0.3 is 0 Å². The van der Waals surface area contributed by atoms with Crippen LogP contribution < -0.4 is 0 Å². The third-order valence-corrected chi connectivity index (χ3v) is 2.89. The highest BCUT2D eigenvalue weighted by atomic mass is 16.2. The first-order valence-corrected chi connectivity index (χ1v) is 5.42. The molecule has 3 heteroatoms. The number of likely N-dealkylation sites (tertiary alicyclic amines) is 1. The second kappa shape index (κ2) is 5.64. The van der Waals surface area contributed by atoms with E-state index in [1.54, 1.807) is 0 Å². The Morgan fingerprint density at radius 3 is 2.64 bits per heavy atom. The first kappa shape index (κ1) is 11.0. The van der Waals surface area contributed by atoms with E-state index in [0.717, 1.165) is 31.8 Å². The van der Waals surface area contributed by atoms with Crippen LogP contribution >= 0.6 is 0 Å². The van der Waals surface area contributed by atoms with Crippen LogP contribution in [-0.4, -0.2) is 23.9 Å². The lowest BCUT2D eigenvalue weighted by molar-refractivity contribution is -0.131. The van der Waals surface area contributed by atoms with E-state index >= 15 is 0 Å². The molecule has 0 spiro atoms. The van der Waals surface area contributed by atoms with Crippen molar-refractivity contribution in [2.45, 2.75) is 39.0 Å². The number of carbonyl (C=O) groups is 1. The molecule has 0 bridgehead atoms. The van der Waals surface area contributed by atoms with E-state index in [2.05, 4.69) is 6.92 Å². The van der Waals surface area contributed by atoms with Crippen molar-refractivity contribution in [2.24, 2.45) is 5.92 Å². The van der Waals surface area contributed by atoms with Gasteiger partial charge in [-0.1, -0.05) is 19.8 Å². The normalized spacial score (nSPS) is 17.9. The van der Waals surface area contributed by atoms with Gasteiger partial charge in [0.2, 0.25) is 5.91 Å². The lowest BCUT2D eigenvalue weighted by Crippen LogP contribution is -2.38. The van der Waals surface area contributed by atoms with Crippen LogP contribution in [0.15, 0.2) is 0 Å². The molecule has 1 saturated heterocycles. The molecule has 0 atom stereocenters. The maximum atomic E-state index is 11.4. The minimum atomic E-state index is 0.00227. The molecule has 3 nitrogen and oxygen atoms in total. The Kier molecular flexibility index (Phi) is 4.45. The second-order valence-electron chi connectivity index (χ2n) is 3.95. The lowest BCUT2D eigenvalue weighted by atomic mass is 9.92. The molecule has 1 aliphatic rings. The van der Waals surface area contributed by atoms with Crippen molar-refractivity contribution < 1.29 is 4.79 Å². The zero-order valence-corrected chi connectivity index (χ0v) is 8.83. The first-order valence-electron chi connectivity index (χ1n) is 5.42. The minimum absolute atomic E-state index is 0.00227. The fraction of sp³-hybridized carbons (Fsp3) is 0.818. The van der Waals surface area contributed by atoms with Gasteiger partial charge in [0, 0.05) is 13.1 Å². The van der Waals surface area contributed by atoms with E-state index in [-0.39, 0.29) is 12.3 Å². The monoisotopic (exact) mass is 194 g/mol. The number of nitriles is 1. The molecule has 0 radical (unpaired) electrons. The number of rotatable bonds is 3. The van der Waals surface area contributed by atoms with Crippen molar-refractivity contribution >= 4 is 5.91 Å². The number of nitrogens with zero attached hydrogens (tertiary/aromatic N) is 2. The topological polar surface area (TPSA) is 44.1 Å². The van der Waals surface area contributed by atoms with Crippen molar-refractivity contribution in [1.29, 1.82) is 5.26 Å². The Labute approximate surface area is 85.7 Å². The van der Waals surface area contributed by atoms with Crippen LogP contribution in [0.3, 0.4) is 0 Å². The van der Waals surface area contributed by atoms with E-state index in [4.69, 9.17) is 5.26 Å². The van der Waals surface area contributed by atoms with Gasteiger partial charge in [0.1, 0.15) is 6.42 Å². The molecule has 0 saturated carbocycles. The molecule has 0 aromatic heterocycles. The molecule has 0 aromatic rings. The average Bonchev–Trinajstić information content (AvgIpc) is 2.20. The molecule has 0 unspecified atom stereocenters. The highest BCUT2D eigenvalue weighted by molar-refractivity contribution is 5.78. The highest BCUT2D eigenvalue weighted by Crippen LogP contribution is 2.21. The van der Waals surface area contributed by atoms with Gasteiger partial charge in [-0.15, -0.1) is 0 Å². The summed E-state index contributed by atoms with van der Waals surface area (Å²) in [5, 5.41) is 8.41. The molecule has 0 aromatic carbocycles. The molecule has 1 fully saturated rings. The average molecular weight is 194 g/mol. The van der Waals surface area contributed by atoms with Gasteiger partial charge in [-0.2, -0.15) is 5.26 Å². The Hall–Kier alpha value is -1.04. The van der Waals surface area contributed by atoms with Crippen LogP contribution in [0.4, 0.5) is 0 Å². The summed E-state index contributed by atoms with van der Waals surface area (Å²) in [6.45, 7) is 3.91. The summed E-state index contributed by atoms with van der Waals surface area (Å²) in [6, 6.07) is 1.91. The molecule has 1 heterocycles. The van der Waals surface area contributed by atoms with E-state index in [1.165, 1.54) is 12.8 Å². The molecule has 1 aliphatic heterocycles. The molecule has 0 aliphatic carbocycles. The van der Waals surface area contributed by atoms with E-state index < -0.39 is 0 Å². The van der Waals surface area contributed by atoms with Gasteiger partial charge in [0.15, 0.2) is 0 Å². The van der Waals surface area contributed by atoms with Gasteiger partial charge in [-0.25, -0.2) is 0 Å². The van der Waals surface area contributed by atoms with Crippen LogP contribution in [-0.2, 0) is 4.79 Å². The predicted octanol–water partition coefficient (Wildman–Crippen LogP) is 1.94. The summed E-state index contributed by atoms with van der Waals surface area (Å²) in [4.78, 5) is 13.2. The largest absolute Gasteiger partial charge is 0.342 e. The van der Waals surface area contributed by atoms with E-state index in [9.17, 15) is 4.79 Å². The fourth-order valence-corrected chi connectivity index (χ4v) is 2.06. The molecule has 14 heavy (non-hydrogen) atoms. The van der Waals surface area contributed by atoms with Gasteiger partial charge in [0.05, 0.1) is 6.07 Å². The zero-order valence-electron chi connectivity index (χ0n) is 8.83. The van der Waals surface area contributed by atoms with Crippen molar-refractivity contribution in [3.05, 3.63) is 0 Å². The SMILES string of the molecule is CCCC1CCN(C(=O)CC#N)CC1. The van der Waals surface area contributed by atoms with Crippen molar-refractivity contribution in [3.8, 4) is 6.07 Å². The zero-order chi connectivity index (χ0) is 10.4. The van der Waals surface area contributed by atoms with Crippen LogP contribution in [0, 0.1) is 17.2 Å². The van der Waals surface area contributed by atoms with Crippen LogP contribution in [0.5, 0.6) is 0 Å². The molecule has 78 valence electrons. The molecular weight excluding hydrogens is 176 g/mol. The maximum absolute atomic E-state index is 11.4. The van der Waals surface area contributed by atoms with E-state index in [1.807, 2.05) is 11.0 Å². The predicted molar refractivity (Wildman–Crippen MR) is 54.4 cm³/mol. The smallest absolute Gasteiger partial charge is 0.236 e. The fourth-order valence-electron chi connectivity index (χ4n) is 2.06. The van der Waals surface area contributed by atoms with Crippen LogP contribution in [0.25, 0.3) is 0 Å². The summed E-state index contributed by atoms with van der Waals surface area (Å²) in [5.41, 5.74) is 0. The van der Waals surface area contributed by atoms with Crippen molar-refractivity contribution in [3.63, 3.8) is 0 Å². The Morgan fingerprint density at radius 1 is 1.50 bits per heavy atom. The van der Waals surface area contributed by atoms with Gasteiger partial charge in [0.25, 0.3) is 0 Å². The summed E-state index contributed by atoms with van der Waals surface area (Å²) in [6.07, 6.45) is 4.78. The van der Waals surface area contributed by atoms with Gasteiger partial charge < -0.3 is 4.90 Å². The highest BCUT2D eigenvalue weighted by Gasteiger charge is 2.21. The third-order valence-electron chi connectivity index (χ3n) is 2.89. The van der Waals surface area contributed by atoms with Crippen molar-refractivity contribution in [1.82, 2.24) is 4.90 Å². The van der Waals surface area contributed by atoms with Crippen LogP contribution in [0.1, 0.15) is 39.0 Å². The number of piperidine rings is 1. The number of carbonyl (C=O) groups excluding carboxylic acids is 1. The summed E-state index contributed by atoms with van der Waals surface area (Å²) >= 11 is 0.